The van der Waals surface area contributed by atoms with Crippen molar-refractivity contribution in [2.24, 2.45) is 17.6 Å². The highest BCUT2D eigenvalue weighted by molar-refractivity contribution is 8.03. The maximum absolute atomic E-state index is 12.5. The second kappa shape index (κ2) is 8.78. The maximum atomic E-state index is 12.5. The van der Waals surface area contributed by atoms with Gasteiger partial charge in [0, 0.05) is 41.7 Å². The number of nitrogens with zero attached hydrogens (tertiary/aromatic N) is 3. The van der Waals surface area contributed by atoms with Crippen LogP contribution in [0.5, 0.6) is 0 Å². The number of carbonyl (C=O) groups excluding carboxylic acids is 1. The van der Waals surface area contributed by atoms with E-state index in [4.69, 9.17) is 5.73 Å². The molecule has 0 radical (unpaired) electrons. The third kappa shape index (κ3) is 3.79. The number of carboxylic acids is 1. The van der Waals surface area contributed by atoms with Gasteiger partial charge in [-0.05, 0) is 45.8 Å². The number of likely N-dealkylation sites (tertiary alicyclic amines) is 2. The Morgan fingerprint density at radius 1 is 1.27 bits per heavy atom. The second-order valence-electron chi connectivity index (χ2n) is 9.16. The number of nitrogens with two attached hydrogens (primary N) is 1. The van der Waals surface area contributed by atoms with Gasteiger partial charge in [-0.3, -0.25) is 9.69 Å². The minimum Gasteiger partial charge on any atom is -0.477 e. The van der Waals surface area contributed by atoms with E-state index >= 15 is 0 Å². The summed E-state index contributed by atoms with van der Waals surface area (Å²) in [6, 6.07) is 0.371. The van der Waals surface area contributed by atoms with Gasteiger partial charge >= 0.3 is 5.97 Å². The molecule has 0 aliphatic carbocycles. The first-order chi connectivity index (χ1) is 14.3. The number of aliphatic hydroxyl groups is 1. The summed E-state index contributed by atoms with van der Waals surface area (Å²) in [7, 11) is 0. The molecule has 0 unspecified atom stereocenters. The Morgan fingerprint density at radius 2 is 1.97 bits per heavy atom. The molecule has 3 fully saturated rings. The van der Waals surface area contributed by atoms with Crippen LogP contribution in [-0.4, -0.2) is 99.5 Å². The Hall–Kier alpha value is -1.13. The van der Waals surface area contributed by atoms with Crippen LogP contribution in [0.25, 0.3) is 0 Å². The smallest absolute Gasteiger partial charge is 0.353 e. The minimum absolute atomic E-state index is 0.0491. The molecule has 4 aliphatic heterocycles. The Kier molecular flexibility index (Phi) is 6.46. The molecule has 5 atom stereocenters. The summed E-state index contributed by atoms with van der Waals surface area (Å²) in [4.78, 5) is 31.7. The topological polar surface area (TPSA) is 110 Å². The molecule has 0 aromatic rings. The Balaban J connectivity index is 1.40. The fraction of sp³-hybridized carbons (Fsp3) is 0.810. The molecule has 3 saturated heterocycles. The van der Waals surface area contributed by atoms with Crippen molar-refractivity contribution in [3.8, 4) is 0 Å². The first-order valence-corrected chi connectivity index (χ1v) is 12.0. The number of hydrogen-bond donors (Lipinski definition) is 3. The summed E-state index contributed by atoms with van der Waals surface area (Å²) < 4.78 is 0. The highest BCUT2D eigenvalue weighted by Gasteiger charge is 2.60. The molecule has 0 bridgehead atoms. The van der Waals surface area contributed by atoms with Gasteiger partial charge in [-0.25, -0.2) is 4.79 Å². The number of aliphatic hydroxyl groups excluding tert-OH is 1. The molecule has 0 aromatic carbocycles. The first-order valence-electron chi connectivity index (χ1n) is 11.1. The summed E-state index contributed by atoms with van der Waals surface area (Å²) >= 11 is 1.65. The SMILES string of the molecule is C[C@@H](O)[C@H]1C(=O)N2C(C(=O)O)=C(S[C@@H]3CCN(C4CCN(CCN)CC4)C3)[C@H](C)[C@H]12. The lowest BCUT2D eigenvalue weighted by Crippen LogP contribution is -2.63. The normalized spacial score (nSPS) is 34.4. The Bertz CT molecular complexity index is 722. The van der Waals surface area contributed by atoms with Crippen LogP contribution in [0.2, 0.25) is 0 Å². The van der Waals surface area contributed by atoms with E-state index in [1.807, 2.05) is 6.92 Å². The Labute approximate surface area is 182 Å². The average molecular weight is 439 g/mol. The van der Waals surface area contributed by atoms with Gasteiger partial charge in [-0.1, -0.05) is 6.92 Å². The summed E-state index contributed by atoms with van der Waals surface area (Å²) in [5.74, 6) is -1.84. The molecule has 9 heteroatoms. The van der Waals surface area contributed by atoms with E-state index in [2.05, 4.69) is 9.80 Å². The summed E-state index contributed by atoms with van der Waals surface area (Å²) in [6.45, 7) is 9.51. The van der Waals surface area contributed by atoms with Gasteiger partial charge in [0.1, 0.15) is 5.70 Å². The van der Waals surface area contributed by atoms with Crippen LogP contribution in [-0.2, 0) is 9.59 Å². The largest absolute Gasteiger partial charge is 0.477 e. The van der Waals surface area contributed by atoms with Gasteiger partial charge in [0.25, 0.3) is 0 Å². The molecule has 30 heavy (non-hydrogen) atoms. The number of piperidine rings is 1. The molecular weight excluding hydrogens is 404 g/mol. The van der Waals surface area contributed by atoms with Gasteiger partial charge in [-0.15, -0.1) is 11.8 Å². The molecular formula is C21H34N4O4S. The van der Waals surface area contributed by atoms with Crippen molar-refractivity contribution in [1.29, 1.82) is 0 Å². The summed E-state index contributed by atoms with van der Waals surface area (Å²) in [6.07, 6.45) is 2.61. The molecule has 8 nitrogen and oxygen atoms in total. The lowest BCUT2D eigenvalue weighted by molar-refractivity contribution is -0.163. The number of thioether (sulfide) groups is 1. The van der Waals surface area contributed by atoms with E-state index in [1.165, 1.54) is 4.90 Å². The standard InChI is InChI=1S/C21H34N4O4S/c1-12-17-16(13(2)26)20(27)25(17)18(21(28)29)19(12)30-15-5-9-24(11-15)14-3-7-23(8-4-14)10-6-22/h12-17,26H,3-11,22H2,1-2H3,(H,28,29)/t12-,13-,15-,16-,17-/m1/s1. The summed E-state index contributed by atoms with van der Waals surface area (Å²) in [5, 5.41) is 20.2. The molecule has 4 rings (SSSR count). The van der Waals surface area contributed by atoms with Crippen molar-refractivity contribution in [2.75, 3.05) is 39.3 Å². The van der Waals surface area contributed by atoms with E-state index in [9.17, 15) is 19.8 Å². The lowest BCUT2D eigenvalue weighted by atomic mass is 9.79. The van der Waals surface area contributed by atoms with Crippen LogP contribution in [0.3, 0.4) is 0 Å². The fourth-order valence-corrected chi connectivity index (χ4v) is 7.23. The van der Waals surface area contributed by atoms with Gasteiger partial charge in [-0.2, -0.15) is 0 Å². The number of hydrogen-bond acceptors (Lipinski definition) is 7. The zero-order valence-corrected chi connectivity index (χ0v) is 18.7. The molecule has 168 valence electrons. The van der Waals surface area contributed by atoms with E-state index < -0.39 is 18.0 Å². The lowest BCUT2D eigenvalue weighted by Gasteiger charge is -2.46. The number of β-lactam (4-membered cyclic amide) rings is 1. The van der Waals surface area contributed by atoms with E-state index in [1.54, 1.807) is 18.7 Å². The first kappa shape index (κ1) is 22.1. The zero-order chi connectivity index (χ0) is 21.6. The number of rotatable bonds is 7. The van der Waals surface area contributed by atoms with Crippen LogP contribution < -0.4 is 5.73 Å². The van der Waals surface area contributed by atoms with Crippen LogP contribution in [0.1, 0.15) is 33.1 Å². The third-order valence-corrected chi connectivity index (χ3v) is 8.84. The maximum Gasteiger partial charge on any atom is 0.353 e. The quantitative estimate of drug-likeness (QED) is 0.489. The van der Waals surface area contributed by atoms with Gasteiger partial charge < -0.3 is 25.7 Å². The number of fused-ring (bicyclic) bond motifs is 1. The Morgan fingerprint density at radius 3 is 2.57 bits per heavy atom. The number of carboxylic acid groups (broad SMARTS) is 1. The molecule has 0 saturated carbocycles. The summed E-state index contributed by atoms with van der Waals surface area (Å²) in [5.41, 5.74) is 5.82. The highest BCUT2D eigenvalue weighted by atomic mass is 32.2. The predicted octanol–water partition coefficient (Wildman–Crippen LogP) is 0.371. The number of aliphatic carboxylic acids is 1. The second-order valence-corrected chi connectivity index (χ2v) is 10.5. The highest BCUT2D eigenvalue weighted by Crippen LogP contribution is 2.52. The molecule has 4 aliphatic rings. The van der Waals surface area contributed by atoms with Gasteiger partial charge in [0.2, 0.25) is 5.91 Å². The predicted molar refractivity (Wildman–Crippen MR) is 116 cm³/mol. The monoisotopic (exact) mass is 438 g/mol. The van der Waals surface area contributed by atoms with Crippen molar-refractivity contribution in [3.05, 3.63) is 10.6 Å². The molecule has 4 N–H and O–H groups in total. The fourth-order valence-electron chi connectivity index (χ4n) is 5.73. The van der Waals surface area contributed by atoms with Gasteiger partial charge in [0.05, 0.1) is 18.1 Å². The van der Waals surface area contributed by atoms with Crippen LogP contribution in [0.4, 0.5) is 0 Å². The van der Waals surface area contributed by atoms with Crippen molar-refractivity contribution in [1.82, 2.24) is 14.7 Å². The van der Waals surface area contributed by atoms with Crippen molar-refractivity contribution < 1.29 is 19.8 Å². The average Bonchev–Trinajstić information content (AvgIpc) is 3.25. The zero-order valence-electron chi connectivity index (χ0n) is 17.9. The number of amides is 1. The van der Waals surface area contributed by atoms with Crippen molar-refractivity contribution in [2.45, 2.75) is 56.5 Å². The van der Waals surface area contributed by atoms with Crippen LogP contribution in [0, 0.1) is 11.8 Å². The van der Waals surface area contributed by atoms with Gasteiger partial charge in [0.15, 0.2) is 0 Å². The van der Waals surface area contributed by atoms with E-state index in [-0.39, 0.29) is 23.6 Å². The van der Waals surface area contributed by atoms with Crippen molar-refractivity contribution >= 4 is 23.6 Å². The van der Waals surface area contributed by atoms with Crippen LogP contribution in [0.15, 0.2) is 10.6 Å². The minimum atomic E-state index is -1.04. The molecule has 1 amide bonds. The molecule has 0 spiro atoms. The van der Waals surface area contributed by atoms with E-state index in [0.717, 1.165) is 56.9 Å². The molecule has 4 heterocycles. The number of carbonyl (C=O) groups is 2. The van der Waals surface area contributed by atoms with Crippen LogP contribution >= 0.6 is 11.8 Å². The molecule has 0 aromatic heterocycles. The third-order valence-electron chi connectivity index (χ3n) is 7.30. The van der Waals surface area contributed by atoms with Crippen molar-refractivity contribution in [3.63, 3.8) is 0 Å². The van der Waals surface area contributed by atoms with E-state index in [0.29, 0.717) is 17.8 Å².